The molecule has 1 aromatic carbocycles. The van der Waals surface area contributed by atoms with Crippen molar-refractivity contribution in [3.8, 4) is 0 Å². The van der Waals surface area contributed by atoms with E-state index in [2.05, 4.69) is 55.8 Å². The number of aryl methyl sites for hydroxylation is 2. The predicted octanol–water partition coefficient (Wildman–Crippen LogP) is 4.54. The molecular weight excluding hydrogens is 264 g/mol. The van der Waals surface area contributed by atoms with Crippen LogP contribution in [0.5, 0.6) is 0 Å². The van der Waals surface area contributed by atoms with Crippen molar-refractivity contribution in [2.75, 3.05) is 0 Å². The molecule has 0 saturated carbocycles. The fraction of sp³-hybridized carbons (Fsp3) is 0.571. The van der Waals surface area contributed by atoms with Gasteiger partial charge in [0.15, 0.2) is 0 Å². The maximum Gasteiger partial charge on any atom is 0.0790 e. The Balaban J connectivity index is 2.80. The molecule has 0 aliphatic heterocycles. The van der Waals surface area contributed by atoms with Crippen molar-refractivity contribution < 1.29 is 5.11 Å². The third-order valence-electron chi connectivity index (χ3n) is 2.86. The van der Waals surface area contributed by atoms with Crippen LogP contribution < -0.4 is 0 Å². The Kier molecular flexibility index (Phi) is 5.00. The summed E-state index contributed by atoms with van der Waals surface area (Å²) in [4.78, 5) is 0. The highest BCUT2D eigenvalue weighted by Gasteiger charge is 2.11. The molecule has 0 heterocycles. The van der Waals surface area contributed by atoms with E-state index in [0.717, 1.165) is 22.9 Å². The predicted molar refractivity (Wildman–Crippen MR) is 72.6 cm³/mol. The zero-order valence-corrected chi connectivity index (χ0v) is 12.1. The lowest BCUT2D eigenvalue weighted by atomic mass is 9.97. The summed E-state index contributed by atoms with van der Waals surface area (Å²) in [5, 5.41) is 10.1. The summed E-state index contributed by atoms with van der Waals surface area (Å²) in [6, 6.07) is 4.14. The van der Waals surface area contributed by atoms with E-state index < -0.39 is 0 Å². The Labute approximate surface area is 107 Å². The van der Waals surface area contributed by atoms with Gasteiger partial charge in [-0.3, -0.25) is 0 Å². The maximum atomic E-state index is 10.1. The molecule has 0 saturated heterocycles. The molecule has 0 aliphatic rings. The van der Waals surface area contributed by atoms with Gasteiger partial charge in [0.1, 0.15) is 0 Å². The Morgan fingerprint density at radius 1 is 1.12 bits per heavy atom. The lowest BCUT2D eigenvalue weighted by Gasteiger charge is -2.15. The van der Waals surface area contributed by atoms with Crippen LogP contribution in [0.3, 0.4) is 0 Å². The van der Waals surface area contributed by atoms with E-state index in [4.69, 9.17) is 0 Å². The van der Waals surface area contributed by atoms with Gasteiger partial charge in [-0.05, 0) is 49.3 Å². The minimum atomic E-state index is -0.326. The maximum absolute atomic E-state index is 10.1. The SMILES string of the molecule is Cc1cc(C(O)CCC(C)C)cc(C)c1Br. The molecule has 90 valence electrons. The van der Waals surface area contributed by atoms with Crippen molar-refractivity contribution >= 4 is 15.9 Å². The fourth-order valence-electron chi connectivity index (χ4n) is 1.83. The van der Waals surface area contributed by atoms with Crippen molar-refractivity contribution in [1.29, 1.82) is 0 Å². The molecule has 1 aromatic rings. The zero-order chi connectivity index (χ0) is 12.3. The number of halogens is 1. The second-order valence-electron chi connectivity index (χ2n) is 4.96. The molecular formula is C14H21BrO. The summed E-state index contributed by atoms with van der Waals surface area (Å²) in [5.74, 6) is 0.646. The van der Waals surface area contributed by atoms with Crippen molar-refractivity contribution in [3.05, 3.63) is 33.3 Å². The molecule has 16 heavy (non-hydrogen) atoms. The summed E-state index contributed by atoms with van der Waals surface area (Å²) in [6.45, 7) is 8.50. The summed E-state index contributed by atoms with van der Waals surface area (Å²) >= 11 is 3.54. The summed E-state index contributed by atoms with van der Waals surface area (Å²) in [5.41, 5.74) is 3.43. The van der Waals surface area contributed by atoms with Crippen LogP contribution in [0, 0.1) is 19.8 Å². The molecule has 2 heteroatoms. The Morgan fingerprint density at radius 3 is 2.06 bits per heavy atom. The van der Waals surface area contributed by atoms with E-state index in [1.807, 2.05) is 0 Å². The molecule has 1 nitrogen and oxygen atoms in total. The molecule has 1 unspecified atom stereocenters. The van der Waals surface area contributed by atoms with Crippen LogP contribution in [0.15, 0.2) is 16.6 Å². The first-order valence-corrected chi connectivity index (χ1v) is 6.65. The van der Waals surface area contributed by atoms with Gasteiger partial charge in [0.25, 0.3) is 0 Å². The van der Waals surface area contributed by atoms with Crippen LogP contribution in [0.25, 0.3) is 0 Å². The normalized spacial score (nSPS) is 13.2. The molecule has 0 radical (unpaired) electrons. The minimum absolute atomic E-state index is 0.326. The molecule has 0 fully saturated rings. The van der Waals surface area contributed by atoms with Crippen LogP contribution in [-0.2, 0) is 0 Å². The molecule has 1 rings (SSSR count). The first-order valence-electron chi connectivity index (χ1n) is 5.86. The highest BCUT2D eigenvalue weighted by Crippen LogP contribution is 2.28. The summed E-state index contributed by atoms with van der Waals surface area (Å²) in [6.07, 6.45) is 1.58. The third kappa shape index (κ3) is 3.60. The Hall–Kier alpha value is -0.340. The second-order valence-corrected chi connectivity index (χ2v) is 5.75. The van der Waals surface area contributed by atoms with Gasteiger partial charge in [-0.15, -0.1) is 0 Å². The van der Waals surface area contributed by atoms with Gasteiger partial charge in [0, 0.05) is 4.47 Å². The number of aliphatic hydroxyl groups excluding tert-OH is 1. The number of rotatable bonds is 4. The van der Waals surface area contributed by atoms with Crippen LogP contribution in [-0.4, -0.2) is 5.11 Å². The van der Waals surface area contributed by atoms with Gasteiger partial charge in [-0.1, -0.05) is 41.9 Å². The molecule has 0 spiro atoms. The zero-order valence-electron chi connectivity index (χ0n) is 10.5. The van der Waals surface area contributed by atoms with Crippen molar-refractivity contribution in [3.63, 3.8) is 0 Å². The van der Waals surface area contributed by atoms with Gasteiger partial charge < -0.3 is 5.11 Å². The topological polar surface area (TPSA) is 20.2 Å². The van der Waals surface area contributed by atoms with Crippen molar-refractivity contribution in [1.82, 2.24) is 0 Å². The third-order valence-corrected chi connectivity index (χ3v) is 4.11. The lowest BCUT2D eigenvalue weighted by molar-refractivity contribution is 0.159. The number of hydrogen-bond acceptors (Lipinski definition) is 1. The molecule has 1 N–H and O–H groups in total. The molecule has 1 atom stereocenters. The Bertz CT molecular complexity index is 335. The molecule has 0 amide bonds. The quantitative estimate of drug-likeness (QED) is 0.861. The van der Waals surface area contributed by atoms with Crippen LogP contribution in [0.2, 0.25) is 0 Å². The first kappa shape index (κ1) is 13.7. The van der Waals surface area contributed by atoms with E-state index in [1.165, 1.54) is 11.1 Å². The molecule has 0 aromatic heterocycles. The van der Waals surface area contributed by atoms with Crippen LogP contribution in [0.4, 0.5) is 0 Å². The average Bonchev–Trinajstić information content (AvgIpc) is 2.21. The van der Waals surface area contributed by atoms with Gasteiger partial charge in [-0.25, -0.2) is 0 Å². The Morgan fingerprint density at radius 2 is 1.62 bits per heavy atom. The van der Waals surface area contributed by atoms with Crippen molar-refractivity contribution in [2.24, 2.45) is 5.92 Å². The largest absolute Gasteiger partial charge is 0.388 e. The molecule has 0 bridgehead atoms. The van der Waals surface area contributed by atoms with Crippen LogP contribution >= 0.6 is 15.9 Å². The first-order chi connectivity index (χ1) is 7.41. The van der Waals surface area contributed by atoms with E-state index >= 15 is 0 Å². The van der Waals surface area contributed by atoms with E-state index in [1.54, 1.807) is 0 Å². The molecule has 0 aliphatic carbocycles. The van der Waals surface area contributed by atoms with E-state index in [-0.39, 0.29) is 6.10 Å². The summed E-state index contributed by atoms with van der Waals surface area (Å²) in [7, 11) is 0. The van der Waals surface area contributed by atoms with Crippen molar-refractivity contribution in [2.45, 2.75) is 46.6 Å². The fourth-order valence-corrected chi connectivity index (χ4v) is 2.06. The van der Waals surface area contributed by atoms with Gasteiger partial charge in [0.05, 0.1) is 6.10 Å². The van der Waals surface area contributed by atoms with Gasteiger partial charge >= 0.3 is 0 Å². The van der Waals surface area contributed by atoms with Gasteiger partial charge in [-0.2, -0.15) is 0 Å². The number of benzene rings is 1. The second kappa shape index (κ2) is 5.83. The monoisotopic (exact) mass is 284 g/mol. The minimum Gasteiger partial charge on any atom is -0.388 e. The number of hydrogen-bond donors (Lipinski definition) is 1. The summed E-state index contributed by atoms with van der Waals surface area (Å²) < 4.78 is 1.15. The smallest absolute Gasteiger partial charge is 0.0790 e. The number of aliphatic hydroxyl groups is 1. The van der Waals surface area contributed by atoms with E-state index in [0.29, 0.717) is 5.92 Å². The standard InChI is InChI=1S/C14H21BrO/c1-9(2)5-6-13(16)12-7-10(3)14(15)11(4)8-12/h7-9,13,16H,5-6H2,1-4H3. The van der Waals surface area contributed by atoms with Crippen LogP contribution in [0.1, 0.15) is 49.5 Å². The highest BCUT2D eigenvalue weighted by atomic mass is 79.9. The lowest BCUT2D eigenvalue weighted by Crippen LogP contribution is -2.01. The highest BCUT2D eigenvalue weighted by molar-refractivity contribution is 9.10. The average molecular weight is 285 g/mol. The van der Waals surface area contributed by atoms with Gasteiger partial charge in [0.2, 0.25) is 0 Å². The van der Waals surface area contributed by atoms with E-state index in [9.17, 15) is 5.11 Å².